The van der Waals surface area contributed by atoms with Gasteiger partial charge in [0.1, 0.15) is 16.8 Å². The summed E-state index contributed by atoms with van der Waals surface area (Å²) >= 11 is 2.78. The third kappa shape index (κ3) is 4.91. The van der Waals surface area contributed by atoms with Gasteiger partial charge < -0.3 is 20.3 Å². The van der Waals surface area contributed by atoms with E-state index in [9.17, 15) is 5.11 Å². The lowest BCUT2D eigenvalue weighted by Gasteiger charge is -2.13. The van der Waals surface area contributed by atoms with Crippen molar-refractivity contribution in [1.29, 1.82) is 0 Å². The number of aliphatic hydroxyl groups excluding tert-OH is 2. The molecule has 0 aliphatic heterocycles. The molecule has 1 unspecified atom stereocenters. The second-order valence-electron chi connectivity index (χ2n) is 6.91. The SMILES string of the molecule is Cc1nn(C)c(C)c1Oc1cc(Sc2ccccn2)cnc1Nc1nc(C(O)CO)cs1. The van der Waals surface area contributed by atoms with Crippen LogP contribution in [0.3, 0.4) is 0 Å². The molecule has 3 N–H and O–H groups in total. The van der Waals surface area contributed by atoms with Crippen molar-refractivity contribution in [3.8, 4) is 11.5 Å². The molecule has 0 bridgehead atoms. The first-order valence-electron chi connectivity index (χ1n) is 9.73. The van der Waals surface area contributed by atoms with Crippen LogP contribution in [0.25, 0.3) is 0 Å². The Kier molecular flexibility index (Phi) is 6.70. The minimum atomic E-state index is -1.02. The van der Waals surface area contributed by atoms with Crippen LogP contribution < -0.4 is 10.1 Å². The number of ether oxygens (including phenoxy) is 1. The van der Waals surface area contributed by atoms with Crippen molar-refractivity contribution in [2.45, 2.75) is 29.9 Å². The standard InChI is InChI=1S/C21H22N6O3S2/c1-12-19(13(2)27(3)26-12)30-17-8-14(32-18-6-4-5-7-22-18)9-23-20(17)25-21-24-15(11-31-21)16(29)10-28/h4-9,11,16,28-29H,10H2,1-3H3,(H,23,24,25). The molecule has 0 radical (unpaired) electrons. The average molecular weight is 471 g/mol. The summed E-state index contributed by atoms with van der Waals surface area (Å²) in [5.41, 5.74) is 2.05. The zero-order chi connectivity index (χ0) is 22.7. The first-order chi connectivity index (χ1) is 15.4. The van der Waals surface area contributed by atoms with Crippen molar-refractivity contribution < 1.29 is 14.9 Å². The van der Waals surface area contributed by atoms with Crippen LogP contribution >= 0.6 is 23.1 Å². The highest BCUT2D eigenvalue weighted by Crippen LogP contribution is 2.38. The van der Waals surface area contributed by atoms with Crippen LogP contribution in [-0.2, 0) is 7.05 Å². The lowest BCUT2D eigenvalue weighted by atomic mass is 10.3. The van der Waals surface area contributed by atoms with Gasteiger partial charge in [-0.1, -0.05) is 17.8 Å². The van der Waals surface area contributed by atoms with E-state index in [0.717, 1.165) is 21.3 Å². The van der Waals surface area contributed by atoms with Gasteiger partial charge in [-0.3, -0.25) is 4.68 Å². The Labute approximate surface area is 193 Å². The van der Waals surface area contributed by atoms with E-state index < -0.39 is 12.7 Å². The van der Waals surface area contributed by atoms with E-state index in [0.29, 0.717) is 28.1 Å². The van der Waals surface area contributed by atoms with Gasteiger partial charge in [-0.2, -0.15) is 5.10 Å². The second-order valence-corrected chi connectivity index (χ2v) is 8.87. The predicted octanol–water partition coefficient (Wildman–Crippen LogP) is 4.00. The molecule has 4 rings (SSSR count). The number of rotatable bonds is 8. The maximum atomic E-state index is 9.81. The van der Waals surface area contributed by atoms with Crippen molar-refractivity contribution in [2.24, 2.45) is 7.05 Å². The van der Waals surface area contributed by atoms with Gasteiger partial charge >= 0.3 is 0 Å². The Morgan fingerprint density at radius 1 is 1.28 bits per heavy atom. The van der Waals surface area contributed by atoms with Gasteiger partial charge in [0.25, 0.3) is 0 Å². The minimum absolute atomic E-state index is 0.392. The largest absolute Gasteiger partial charge is 0.450 e. The van der Waals surface area contributed by atoms with Crippen molar-refractivity contribution >= 4 is 34.0 Å². The highest BCUT2D eigenvalue weighted by atomic mass is 32.2. The number of hydrogen-bond acceptors (Lipinski definition) is 10. The molecule has 0 aromatic carbocycles. The molecule has 0 saturated carbocycles. The molecule has 4 heterocycles. The summed E-state index contributed by atoms with van der Waals surface area (Å²) in [5, 5.41) is 29.6. The maximum absolute atomic E-state index is 9.81. The number of nitrogens with zero attached hydrogens (tertiary/aromatic N) is 5. The number of anilines is 2. The van der Waals surface area contributed by atoms with Gasteiger partial charge in [0.15, 0.2) is 22.4 Å². The van der Waals surface area contributed by atoms with Crippen LogP contribution in [0.1, 0.15) is 23.2 Å². The molecular formula is C21H22N6O3S2. The van der Waals surface area contributed by atoms with Crippen LogP contribution in [0.15, 0.2) is 52.0 Å². The van der Waals surface area contributed by atoms with Gasteiger partial charge in [0.2, 0.25) is 0 Å². The molecule has 11 heteroatoms. The van der Waals surface area contributed by atoms with E-state index in [2.05, 4.69) is 25.4 Å². The Morgan fingerprint density at radius 3 is 2.81 bits per heavy atom. The first-order valence-corrected chi connectivity index (χ1v) is 11.4. The number of thiazole rings is 1. The number of pyridine rings is 2. The van der Waals surface area contributed by atoms with Crippen molar-refractivity contribution in [1.82, 2.24) is 24.7 Å². The molecule has 4 aromatic heterocycles. The Hall–Kier alpha value is -2.99. The van der Waals surface area contributed by atoms with Gasteiger partial charge in [-0.25, -0.2) is 15.0 Å². The summed E-state index contributed by atoms with van der Waals surface area (Å²) in [6.07, 6.45) is 2.45. The third-order valence-electron chi connectivity index (χ3n) is 4.60. The van der Waals surface area contributed by atoms with Gasteiger partial charge in [-0.15, -0.1) is 11.3 Å². The predicted molar refractivity (Wildman–Crippen MR) is 123 cm³/mol. The van der Waals surface area contributed by atoms with Crippen molar-refractivity contribution in [3.63, 3.8) is 0 Å². The molecule has 166 valence electrons. The van der Waals surface area contributed by atoms with Crippen LogP contribution in [0.5, 0.6) is 11.5 Å². The monoisotopic (exact) mass is 470 g/mol. The van der Waals surface area contributed by atoms with E-state index in [1.165, 1.54) is 23.1 Å². The molecule has 0 fully saturated rings. The van der Waals surface area contributed by atoms with Gasteiger partial charge in [0.05, 0.1) is 18.0 Å². The Balaban J connectivity index is 1.67. The Morgan fingerprint density at radius 2 is 2.12 bits per heavy atom. The number of aromatic nitrogens is 5. The highest BCUT2D eigenvalue weighted by Gasteiger charge is 2.18. The molecule has 9 nitrogen and oxygen atoms in total. The first kappa shape index (κ1) is 22.2. The number of aryl methyl sites for hydroxylation is 2. The summed E-state index contributed by atoms with van der Waals surface area (Å²) in [5.74, 6) is 1.63. The third-order valence-corrected chi connectivity index (χ3v) is 6.29. The summed E-state index contributed by atoms with van der Waals surface area (Å²) in [7, 11) is 1.86. The molecule has 0 aliphatic carbocycles. The minimum Gasteiger partial charge on any atom is -0.450 e. The second kappa shape index (κ2) is 9.65. The fraction of sp³-hybridized carbons (Fsp3) is 0.238. The van der Waals surface area contributed by atoms with Crippen molar-refractivity contribution in [2.75, 3.05) is 11.9 Å². The van der Waals surface area contributed by atoms with Crippen LogP contribution in [0.2, 0.25) is 0 Å². The molecule has 0 aliphatic rings. The Bertz CT molecular complexity index is 1210. The van der Waals surface area contributed by atoms with E-state index in [1.54, 1.807) is 22.5 Å². The molecular weight excluding hydrogens is 448 g/mol. The van der Waals surface area contributed by atoms with Crippen LogP contribution in [0.4, 0.5) is 10.9 Å². The van der Waals surface area contributed by atoms with E-state index in [-0.39, 0.29) is 0 Å². The smallest absolute Gasteiger partial charge is 0.188 e. The molecule has 0 amide bonds. The zero-order valence-electron chi connectivity index (χ0n) is 17.7. The summed E-state index contributed by atoms with van der Waals surface area (Å²) in [6, 6.07) is 7.61. The quantitative estimate of drug-likeness (QED) is 0.351. The summed E-state index contributed by atoms with van der Waals surface area (Å²) < 4.78 is 8.03. The van der Waals surface area contributed by atoms with Crippen LogP contribution in [0, 0.1) is 13.8 Å². The lowest BCUT2D eigenvalue weighted by molar-refractivity contribution is 0.0928. The molecule has 0 spiro atoms. The summed E-state index contributed by atoms with van der Waals surface area (Å²) in [6.45, 7) is 3.43. The average Bonchev–Trinajstić information content (AvgIpc) is 3.35. The molecule has 32 heavy (non-hydrogen) atoms. The topological polar surface area (TPSA) is 118 Å². The lowest BCUT2D eigenvalue weighted by Crippen LogP contribution is -2.03. The highest BCUT2D eigenvalue weighted by molar-refractivity contribution is 7.99. The fourth-order valence-electron chi connectivity index (χ4n) is 2.89. The number of aliphatic hydroxyl groups is 2. The number of hydrogen-bond donors (Lipinski definition) is 3. The van der Waals surface area contributed by atoms with Crippen molar-refractivity contribution in [3.05, 3.63) is 59.1 Å². The number of nitrogens with one attached hydrogen (secondary N) is 1. The zero-order valence-corrected chi connectivity index (χ0v) is 19.3. The van der Waals surface area contributed by atoms with E-state index in [1.807, 2.05) is 45.2 Å². The van der Waals surface area contributed by atoms with Gasteiger partial charge in [-0.05, 0) is 26.0 Å². The molecule has 4 aromatic rings. The fourth-order valence-corrected chi connectivity index (χ4v) is 4.41. The molecule has 1 atom stereocenters. The molecule has 0 saturated heterocycles. The van der Waals surface area contributed by atoms with E-state index >= 15 is 0 Å². The van der Waals surface area contributed by atoms with Gasteiger partial charge in [0, 0.05) is 35.8 Å². The summed E-state index contributed by atoms with van der Waals surface area (Å²) in [4.78, 5) is 14.1. The van der Waals surface area contributed by atoms with Crippen LogP contribution in [-0.4, -0.2) is 41.6 Å². The maximum Gasteiger partial charge on any atom is 0.188 e. The van der Waals surface area contributed by atoms with E-state index in [4.69, 9.17) is 9.84 Å². The normalized spacial score (nSPS) is 12.0.